The molecule has 0 amide bonds. The van der Waals surface area contributed by atoms with Crippen LogP contribution in [-0.4, -0.2) is 39.0 Å². The smallest absolute Gasteiger partial charge is 0.348 e. The van der Waals surface area contributed by atoms with E-state index in [2.05, 4.69) is 28.7 Å². The highest BCUT2D eigenvalue weighted by Crippen LogP contribution is 2.28. The van der Waals surface area contributed by atoms with Crippen molar-refractivity contribution in [1.82, 2.24) is 14.9 Å². The van der Waals surface area contributed by atoms with Gasteiger partial charge in [-0.3, -0.25) is 9.88 Å². The number of aromatic nitrogens is 2. The molecular formula is C14H17N3O2S. The van der Waals surface area contributed by atoms with E-state index in [1.54, 1.807) is 24.5 Å². The minimum Gasteiger partial charge on any atom is -0.477 e. The molecule has 0 atom stereocenters. The molecular weight excluding hydrogens is 274 g/mol. The monoisotopic (exact) mass is 291 g/mol. The zero-order chi connectivity index (χ0) is 14.5. The van der Waals surface area contributed by atoms with E-state index in [0.29, 0.717) is 17.1 Å². The van der Waals surface area contributed by atoms with Gasteiger partial charge in [-0.2, -0.15) is 0 Å². The topological polar surface area (TPSA) is 66.3 Å². The Morgan fingerprint density at radius 1 is 1.30 bits per heavy atom. The minimum absolute atomic E-state index is 0.290. The number of hydrogen-bond donors (Lipinski definition) is 1. The Balaban J connectivity index is 2.36. The molecule has 0 saturated carbocycles. The number of carbonyl (C=O) groups is 1. The third-order valence-corrected chi connectivity index (χ3v) is 4.10. The van der Waals surface area contributed by atoms with Gasteiger partial charge in [0.25, 0.3) is 0 Å². The summed E-state index contributed by atoms with van der Waals surface area (Å²) in [6, 6.07) is 3.56. The number of nitrogens with zero attached hydrogens (tertiary/aromatic N) is 3. The van der Waals surface area contributed by atoms with E-state index in [4.69, 9.17) is 0 Å². The zero-order valence-electron chi connectivity index (χ0n) is 11.5. The SMILES string of the molecule is CCN(CC)Cc1nc(-c2ccncc2)c(C(=O)O)s1. The molecule has 0 aliphatic carbocycles. The van der Waals surface area contributed by atoms with Gasteiger partial charge in [0.05, 0.1) is 12.2 Å². The van der Waals surface area contributed by atoms with Crippen molar-refractivity contribution >= 4 is 17.3 Å². The van der Waals surface area contributed by atoms with E-state index in [0.717, 1.165) is 23.7 Å². The Kier molecular flexibility index (Phi) is 4.81. The van der Waals surface area contributed by atoms with E-state index in [1.807, 2.05) is 0 Å². The van der Waals surface area contributed by atoms with Gasteiger partial charge in [0, 0.05) is 18.0 Å². The second-order valence-electron chi connectivity index (χ2n) is 4.29. The van der Waals surface area contributed by atoms with Crippen LogP contribution < -0.4 is 0 Å². The van der Waals surface area contributed by atoms with Crippen LogP contribution in [0.25, 0.3) is 11.3 Å². The van der Waals surface area contributed by atoms with Crippen molar-refractivity contribution in [2.45, 2.75) is 20.4 Å². The highest BCUT2D eigenvalue weighted by Gasteiger charge is 2.19. The lowest BCUT2D eigenvalue weighted by atomic mass is 10.2. The Morgan fingerprint density at radius 3 is 2.50 bits per heavy atom. The molecule has 0 aromatic carbocycles. The molecule has 20 heavy (non-hydrogen) atoms. The van der Waals surface area contributed by atoms with E-state index < -0.39 is 5.97 Å². The van der Waals surface area contributed by atoms with Gasteiger partial charge in [-0.05, 0) is 25.2 Å². The van der Waals surface area contributed by atoms with Crippen molar-refractivity contribution in [3.8, 4) is 11.3 Å². The van der Waals surface area contributed by atoms with Crippen molar-refractivity contribution in [3.63, 3.8) is 0 Å². The minimum atomic E-state index is -0.930. The number of thiazole rings is 1. The van der Waals surface area contributed by atoms with Crippen molar-refractivity contribution in [3.05, 3.63) is 34.4 Å². The summed E-state index contributed by atoms with van der Waals surface area (Å²) in [5.41, 5.74) is 1.33. The number of hydrogen-bond acceptors (Lipinski definition) is 5. The van der Waals surface area contributed by atoms with Crippen LogP contribution in [0.5, 0.6) is 0 Å². The van der Waals surface area contributed by atoms with Crippen LogP contribution >= 0.6 is 11.3 Å². The van der Waals surface area contributed by atoms with Crippen molar-refractivity contribution in [2.24, 2.45) is 0 Å². The molecule has 0 unspecified atom stereocenters. The summed E-state index contributed by atoms with van der Waals surface area (Å²) in [5.74, 6) is -0.930. The number of carboxylic acids is 1. The van der Waals surface area contributed by atoms with Crippen LogP contribution in [-0.2, 0) is 6.54 Å². The molecule has 5 nitrogen and oxygen atoms in total. The van der Waals surface area contributed by atoms with Gasteiger partial charge < -0.3 is 5.11 Å². The molecule has 0 aliphatic rings. The highest BCUT2D eigenvalue weighted by molar-refractivity contribution is 7.14. The Labute approximate surface area is 121 Å². The zero-order valence-corrected chi connectivity index (χ0v) is 12.4. The fourth-order valence-corrected chi connectivity index (χ4v) is 2.89. The average Bonchev–Trinajstić information content (AvgIpc) is 2.90. The number of carboxylic acid groups (broad SMARTS) is 1. The summed E-state index contributed by atoms with van der Waals surface area (Å²) in [7, 11) is 0. The van der Waals surface area contributed by atoms with Crippen LogP contribution in [0, 0.1) is 0 Å². The molecule has 0 bridgehead atoms. The predicted molar refractivity (Wildman–Crippen MR) is 78.9 cm³/mol. The highest BCUT2D eigenvalue weighted by atomic mass is 32.1. The van der Waals surface area contributed by atoms with Gasteiger partial charge in [-0.1, -0.05) is 13.8 Å². The second kappa shape index (κ2) is 6.58. The van der Waals surface area contributed by atoms with Crippen LogP contribution in [0.1, 0.15) is 28.5 Å². The molecule has 2 aromatic heterocycles. The Bertz CT molecular complexity index is 579. The molecule has 1 N–H and O–H groups in total. The summed E-state index contributed by atoms with van der Waals surface area (Å²) in [5, 5.41) is 10.2. The van der Waals surface area contributed by atoms with Gasteiger partial charge in [-0.15, -0.1) is 11.3 Å². The first-order chi connectivity index (χ1) is 9.65. The van der Waals surface area contributed by atoms with Gasteiger partial charge >= 0.3 is 5.97 Å². The van der Waals surface area contributed by atoms with E-state index in [-0.39, 0.29) is 0 Å². The van der Waals surface area contributed by atoms with Gasteiger partial charge in [-0.25, -0.2) is 9.78 Å². The van der Waals surface area contributed by atoms with E-state index in [9.17, 15) is 9.90 Å². The van der Waals surface area contributed by atoms with Crippen molar-refractivity contribution in [1.29, 1.82) is 0 Å². The quantitative estimate of drug-likeness (QED) is 0.886. The maximum absolute atomic E-state index is 11.4. The van der Waals surface area contributed by atoms with Crippen LogP contribution in [0.4, 0.5) is 0 Å². The fraction of sp³-hybridized carbons (Fsp3) is 0.357. The lowest BCUT2D eigenvalue weighted by Gasteiger charge is -2.15. The average molecular weight is 291 g/mol. The second-order valence-corrected chi connectivity index (χ2v) is 5.37. The maximum atomic E-state index is 11.4. The van der Waals surface area contributed by atoms with Gasteiger partial charge in [0.2, 0.25) is 0 Å². The van der Waals surface area contributed by atoms with Crippen LogP contribution in [0.3, 0.4) is 0 Å². The summed E-state index contributed by atoms with van der Waals surface area (Å²) >= 11 is 1.25. The first-order valence-electron chi connectivity index (χ1n) is 6.51. The van der Waals surface area contributed by atoms with Gasteiger partial charge in [0.15, 0.2) is 0 Å². The number of pyridine rings is 1. The van der Waals surface area contributed by atoms with E-state index >= 15 is 0 Å². The molecule has 2 rings (SSSR count). The largest absolute Gasteiger partial charge is 0.477 e. The predicted octanol–water partition coefficient (Wildman–Crippen LogP) is 2.75. The lowest BCUT2D eigenvalue weighted by Crippen LogP contribution is -2.21. The van der Waals surface area contributed by atoms with Gasteiger partial charge in [0.1, 0.15) is 9.88 Å². The molecule has 0 radical (unpaired) electrons. The van der Waals surface area contributed by atoms with Crippen molar-refractivity contribution in [2.75, 3.05) is 13.1 Å². The lowest BCUT2D eigenvalue weighted by molar-refractivity contribution is 0.0702. The molecule has 0 spiro atoms. The van der Waals surface area contributed by atoms with Crippen LogP contribution in [0.15, 0.2) is 24.5 Å². The first-order valence-corrected chi connectivity index (χ1v) is 7.33. The third kappa shape index (κ3) is 3.20. The third-order valence-electron chi connectivity index (χ3n) is 3.07. The van der Waals surface area contributed by atoms with Crippen LogP contribution in [0.2, 0.25) is 0 Å². The summed E-state index contributed by atoms with van der Waals surface area (Å²) in [4.78, 5) is 22.3. The molecule has 2 aromatic rings. The molecule has 6 heteroatoms. The Hall–Kier alpha value is -1.79. The molecule has 0 fully saturated rings. The van der Waals surface area contributed by atoms with Crippen molar-refractivity contribution < 1.29 is 9.90 Å². The molecule has 2 heterocycles. The maximum Gasteiger partial charge on any atom is 0.348 e. The molecule has 0 aliphatic heterocycles. The first kappa shape index (κ1) is 14.6. The molecule has 0 saturated heterocycles. The number of rotatable bonds is 6. The standard InChI is InChI=1S/C14H17N3O2S/c1-3-17(4-2)9-11-16-12(13(20-11)14(18)19)10-5-7-15-8-6-10/h5-8H,3-4,9H2,1-2H3,(H,18,19). The molecule has 106 valence electrons. The number of aromatic carboxylic acids is 1. The fourth-order valence-electron chi connectivity index (χ4n) is 1.92. The summed E-state index contributed by atoms with van der Waals surface area (Å²) in [6.07, 6.45) is 3.29. The summed E-state index contributed by atoms with van der Waals surface area (Å²) < 4.78 is 0. The van der Waals surface area contributed by atoms with E-state index in [1.165, 1.54) is 11.3 Å². The normalized spacial score (nSPS) is 10.9. The summed E-state index contributed by atoms with van der Waals surface area (Å²) in [6.45, 7) is 6.69. The Morgan fingerprint density at radius 2 is 1.95 bits per heavy atom.